The zero-order valence-electron chi connectivity index (χ0n) is 22.1. The Morgan fingerprint density at radius 1 is 0.927 bits per heavy atom. The third-order valence-electron chi connectivity index (χ3n) is 6.70. The van der Waals surface area contributed by atoms with Crippen LogP contribution < -0.4 is 14.8 Å². The van der Waals surface area contributed by atoms with E-state index in [0.29, 0.717) is 33.0 Å². The number of amides is 1. The molecule has 204 valence electrons. The number of hydrogen-bond donors (Lipinski definition) is 2. The number of hydrogen-bond acceptors (Lipinski definition) is 5. The topological polar surface area (TPSA) is 114 Å². The maximum atomic E-state index is 13.5. The Morgan fingerprint density at radius 3 is 2.22 bits per heavy atom. The SMILES string of the molecule is COc1cc(OC)cc(C(=O)Nc2c(C(=O)O)n(Cc3cccc(Cl)c3)c3ccc(-c4ccc(C#N)cc4)cc23)c1. The summed E-state index contributed by atoms with van der Waals surface area (Å²) in [6.45, 7) is 0.206. The van der Waals surface area contributed by atoms with Crippen LogP contribution in [0.25, 0.3) is 22.0 Å². The molecule has 0 spiro atoms. The van der Waals surface area contributed by atoms with Gasteiger partial charge in [0.15, 0.2) is 5.69 Å². The Kier molecular flexibility index (Phi) is 7.64. The summed E-state index contributed by atoms with van der Waals surface area (Å²) in [5.41, 5.74) is 3.85. The number of carboxylic acids is 1. The molecular formula is C32H24ClN3O5. The summed E-state index contributed by atoms with van der Waals surface area (Å²) in [6.07, 6.45) is 0. The standard InChI is InChI=1S/C32H24ClN3O5/c1-40-25-13-23(14-26(16-25)41-2)31(37)35-29-27-15-22(21-8-6-19(17-34)7-9-21)10-11-28(27)36(30(29)32(38)39)18-20-4-3-5-24(33)12-20/h3-16H,18H2,1-2H3,(H,35,37)(H,38,39). The van der Waals surface area contributed by atoms with Gasteiger partial charge < -0.3 is 24.5 Å². The van der Waals surface area contributed by atoms with Gasteiger partial charge in [0.25, 0.3) is 5.91 Å². The van der Waals surface area contributed by atoms with Gasteiger partial charge in [-0.05, 0) is 65.2 Å². The lowest BCUT2D eigenvalue weighted by Gasteiger charge is -2.11. The smallest absolute Gasteiger partial charge is 0.354 e. The fourth-order valence-corrected chi connectivity index (χ4v) is 4.94. The Balaban J connectivity index is 1.69. The van der Waals surface area contributed by atoms with Crippen molar-refractivity contribution in [3.05, 3.63) is 112 Å². The summed E-state index contributed by atoms with van der Waals surface area (Å²) in [7, 11) is 2.96. The van der Waals surface area contributed by atoms with Gasteiger partial charge in [-0.25, -0.2) is 4.79 Å². The third kappa shape index (κ3) is 5.57. The van der Waals surface area contributed by atoms with Crippen molar-refractivity contribution in [1.82, 2.24) is 4.57 Å². The number of fused-ring (bicyclic) bond motifs is 1. The number of aromatic nitrogens is 1. The Labute approximate surface area is 240 Å². The van der Waals surface area contributed by atoms with Crippen LogP contribution in [0.1, 0.15) is 32.0 Å². The summed E-state index contributed by atoms with van der Waals surface area (Å²) >= 11 is 6.21. The summed E-state index contributed by atoms with van der Waals surface area (Å²) in [5.74, 6) is -0.907. The van der Waals surface area contributed by atoms with E-state index in [-0.39, 0.29) is 23.5 Å². The number of ether oxygens (including phenoxy) is 2. The van der Waals surface area contributed by atoms with Crippen molar-refractivity contribution in [2.45, 2.75) is 6.54 Å². The summed E-state index contributed by atoms with van der Waals surface area (Å²) in [5, 5.41) is 23.5. The van der Waals surface area contributed by atoms with Crippen molar-refractivity contribution >= 4 is 40.1 Å². The highest BCUT2D eigenvalue weighted by molar-refractivity contribution is 6.30. The lowest BCUT2D eigenvalue weighted by atomic mass is 10.0. The highest BCUT2D eigenvalue weighted by Gasteiger charge is 2.25. The van der Waals surface area contributed by atoms with E-state index in [0.717, 1.165) is 16.7 Å². The van der Waals surface area contributed by atoms with Crippen LogP contribution in [0.3, 0.4) is 0 Å². The van der Waals surface area contributed by atoms with Crippen molar-refractivity contribution < 1.29 is 24.2 Å². The van der Waals surface area contributed by atoms with Gasteiger partial charge in [-0.2, -0.15) is 5.26 Å². The number of aromatic carboxylic acids is 1. The van der Waals surface area contributed by atoms with Crippen molar-refractivity contribution in [1.29, 1.82) is 5.26 Å². The molecule has 4 aromatic carbocycles. The van der Waals surface area contributed by atoms with Crippen LogP contribution in [0, 0.1) is 11.3 Å². The van der Waals surface area contributed by atoms with E-state index >= 15 is 0 Å². The summed E-state index contributed by atoms with van der Waals surface area (Å²) < 4.78 is 12.3. The number of carbonyl (C=O) groups is 2. The van der Waals surface area contributed by atoms with Crippen molar-refractivity contribution in [2.24, 2.45) is 0 Å². The Morgan fingerprint density at radius 2 is 1.61 bits per heavy atom. The molecule has 41 heavy (non-hydrogen) atoms. The van der Waals surface area contributed by atoms with Crippen LogP contribution in [0.15, 0.2) is 84.9 Å². The summed E-state index contributed by atoms with van der Waals surface area (Å²) in [4.78, 5) is 26.3. The fraction of sp³-hybridized carbons (Fsp3) is 0.0938. The van der Waals surface area contributed by atoms with Gasteiger partial charge in [-0.15, -0.1) is 0 Å². The molecule has 0 aliphatic heterocycles. The molecule has 1 amide bonds. The van der Waals surface area contributed by atoms with E-state index in [9.17, 15) is 20.0 Å². The molecule has 0 atom stereocenters. The molecule has 0 saturated carbocycles. The number of carbonyl (C=O) groups excluding carboxylic acids is 1. The first kappa shape index (κ1) is 27.3. The maximum absolute atomic E-state index is 13.5. The van der Waals surface area contributed by atoms with Gasteiger partial charge in [0.2, 0.25) is 0 Å². The van der Waals surface area contributed by atoms with E-state index < -0.39 is 11.9 Å². The van der Waals surface area contributed by atoms with Crippen molar-refractivity contribution in [3.8, 4) is 28.7 Å². The highest BCUT2D eigenvalue weighted by Crippen LogP contribution is 2.36. The molecule has 0 aliphatic carbocycles. The van der Waals surface area contributed by atoms with Gasteiger partial charge >= 0.3 is 5.97 Å². The van der Waals surface area contributed by atoms with E-state index in [1.54, 1.807) is 53.1 Å². The quantitative estimate of drug-likeness (QED) is 0.213. The minimum absolute atomic E-state index is 0.0832. The van der Waals surface area contributed by atoms with Gasteiger partial charge in [0.05, 0.1) is 37.1 Å². The number of nitrogens with zero attached hydrogens (tertiary/aromatic N) is 2. The van der Waals surface area contributed by atoms with Crippen LogP contribution in [0.2, 0.25) is 5.02 Å². The van der Waals surface area contributed by atoms with Crippen LogP contribution in [0.4, 0.5) is 5.69 Å². The van der Waals surface area contributed by atoms with Gasteiger partial charge in [0.1, 0.15) is 11.5 Å². The first-order chi connectivity index (χ1) is 19.8. The van der Waals surface area contributed by atoms with Gasteiger partial charge in [-0.1, -0.05) is 41.9 Å². The van der Waals surface area contributed by atoms with E-state index in [4.69, 9.17) is 21.1 Å². The Bertz CT molecular complexity index is 1820. The van der Waals surface area contributed by atoms with Crippen molar-refractivity contribution in [3.63, 3.8) is 0 Å². The van der Waals surface area contributed by atoms with E-state index in [2.05, 4.69) is 11.4 Å². The second kappa shape index (κ2) is 11.5. The molecule has 0 aliphatic rings. The molecule has 5 rings (SSSR count). The summed E-state index contributed by atoms with van der Waals surface area (Å²) in [6, 6.07) is 26.6. The molecule has 8 nitrogen and oxygen atoms in total. The molecule has 5 aromatic rings. The van der Waals surface area contributed by atoms with E-state index in [1.165, 1.54) is 14.2 Å². The largest absolute Gasteiger partial charge is 0.497 e. The monoisotopic (exact) mass is 565 g/mol. The molecule has 1 aromatic heterocycles. The van der Waals surface area contributed by atoms with E-state index in [1.807, 2.05) is 36.4 Å². The maximum Gasteiger partial charge on any atom is 0.354 e. The highest BCUT2D eigenvalue weighted by atomic mass is 35.5. The minimum Gasteiger partial charge on any atom is -0.497 e. The second-order valence-electron chi connectivity index (χ2n) is 9.22. The average molecular weight is 566 g/mol. The number of anilines is 1. The first-order valence-corrected chi connectivity index (χ1v) is 12.9. The Hall–Kier alpha value is -5.26. The zero-order chi connectivity index (χ0) is 29.1. The number of nitrogens with one attached hydrogen (secondary N) is 1. The third-order valence-corrected chi connectivity index (χ3v) is 6.93. The predicted octanol–water partition coefficient (Wildman–Crippen LogP) is 6.85. The lowest BCUT2D eigenvalue weighted by molar-refractivity contribution is 0.0687. The molecule has 0 saturated heterocycles. The second-order valence-corrected chi connectivity index (χ2v) is 9.66. The zero-order valence-corrected chi connectivity index (χ0v) is 22.9. The van der Waals surface area contributed by atoms with Crippen LogP contribution >= 0.6 is 11.6 Å². The molecule has 0 radical (unpaired) electrons. The minimum atomic E-state index is -1.21. The van der Waals surface area contributed by atoms with Crippen LogP contribution in [-0.4, -0.2) is 35.8 Å². The number of nitriles is 1. The number of benzene rings is 4. The number of rotatable bonds is 8. The molecule has 0 unspecified atom stereocenters. The number of methoxy groups -OCH3 is 2. The van der Waals surface area contributed by atoms with Gasteiger partial charge in [-0.3, -0.25) is 4.79 Å². The van der Waals surface area contributed by atoms with Crippen molar-refractivity contribution in [2.75, 3.05) is 19.5 Å². The normalized spacial score (nSPS) is 10.7. The molecule has 0 bridgehead atoms. The molecule has 9 heteroatoms. The molecule has 1 heterocycles. The number of halogens is 1. The van der Waals surface area contributed by atoms with Crippen LogP contribution in [0.5, 0.6) is 11.5 Å². The molecule has 0 fully saturated rings. The molecular weight excluding hydrogens is 542 g/mol. The number of carboxylic acid groups (broad SMARTS) is 1. The van der Waals surface area contributed by atoms with Crippen LogP contribution in [-0.2, 0) is 6.54 Å². The lowest BCUT2D eigenvalue weighted by Crippen LogP contribution is -2.17. The first-order valence-electron chi connectivity index (χ1n) is 12.5. The predicted molar refractivity (Wildman–Crippen MR) is 157 cm³/mol. The van der Waals surface area contributed by atoms with Gasteiger partial charge in [0, 0.05) is 28.6 Å². The average Bonchev–Trinajstić information content (AvgIpc) is 3.28. The fourth-order valence-electron chi connectivity index (χ4n) is 4.73. The molecule has 2 N–H and O–H groups in total.